The molecule has 30 heavy (non-hydrogen) atoms. The summed E-state index contributed by atoms with van der Waals surface area (Å²) in [4.78, 5) is 2.25. The van der Waals surface area contributed by atoms with Gasteiger partial charge in [-0.25, -0.2) is 12.8 Å². The summed E-state index contributed by atoms with van der Waals surface area (Å²) in [6, 6.07) is 13.0. The van der Waals surface area contributed by atoms with Crippen molar-refractivity contribution in [3.63, 3.8) is 0 Å². The van der Waals surface area contributed by atoms with Gasteiger partial charge in [-0.05, 0) is 63.2 Å². The quantitative estimate of drug-likeness (QED) is 0.662. The zero-order valence-electron chi connectivity index (χ0n) is 17.3. The van der Waals surface area contributed by atoms with Gasteiger partial charge < -0.3 is 9.64 Å². The molecule has 0 fully saturated rings. The van der Waals surface area contributed by atoms with Crippen molar-refractivity contribution in [3.8, 4) is 5.75 Å². The third-order valence-electron chi connectivity index (χ3n) is 5.87. The van der Waals surface area contributed by atoms with Crippen LogP contribution in [0, 0.1) is 5.82 Å². The van der Waals surface area contributed by atoms with Crippen molar-refractivity contribution in [2.24, 2.45) is 0 Å². The summed E-state index contributed by atoms with van der Waals surface area (Å²) in [6.07, 6.45) is 2.47. The SMILES string of the molecule is COc1ccc(NS(=O)(=O)c2ccc(F)c3ccccc23)c2c1CC(N(C)C)CC2. The van der Waals surface area contributed by atoms with E-state index in [0.29, 0.717) is 17.1 Å². The summed E-state index contributed by atoms with van der Waals surface area (Å²) >= 11 is 0. The molecule has 0 heterocycles. The van der Waals surface area contributed by atoms with E-state index in [4.69, 9.17) is 4.74 Å². The summed E-state index contributed by atoms with van der Waals surface area (Å²) in [5.41, 5.74) is 2.55. The Bertz CT molecular complexity index is 1210. The predicted octanol–water partition coefficient (Wildman–Crippen LogP) is 4.21. The third-order valence-corrected chi connectivity index (χ3v) is 7.29. The third kappa shape index (κ3) is 3.63. The molecule has 0 amide bonds. The highest BCUT2D eigenvalue weighted by atomic mass is 32.2. The lowest BCUT2D eigenvalue weighted by atomic mass is 9.86. The summed E-state index contributed by atoms with van der Waals surface area (Å²) in [5.74, 6) is 0.327. The van der Waals surface area contributed by atoms with Crippen LogP contribution in [0.25, 0.3) is 10.8 Å². The van der Waals surface area contributed by atoms with E-state index in [1.54, 1.807) is 43.5 Å². The van der Waals surface area contributed by atoms with E-state index in [9.17, 15) is 12.8 Å². The largest absolute Gasteiger partial charge is 0.496 e. The monoisotopic (exact) mass is 428 g/mol. The number of hydrogen-bond donors (Lipinski definition) is 1. The topological polar surface area (TPSA) is 58.6 Å². The number of hydrogen-bond acceptors (Lipinski definition) is 4. The van der Waals surface area contributed by atoms with E-state index in [1.807, 2.05) is 14.1 Å². The molecule has 3 aromatic rings. The summed E-state index contributed by atoms with van der Waals surface area (Å²) in [5, 5.41) is 0.644. The Labute approximate surface area is 176 Å². The lowest BCUT2D eigenvalue weighted by Crippen LogP contribution is -2.34. The Morgan fingerprint density at radius 3 is 2.47 bits per heavy atom. The Kier molecular flexibility index (Phi) is 5.42. The van der Waals surface area contributed by atoms with Gasteiger partial charge in [0, 0.05) is 22.4 Å². The second kappa shape index (κ2) is 7.89. The number of methoxy groups -OCH3 is 1. The molecular weight excluding hydrogens is 403 g/mol. The van der Waals surface area contributed by atoms with E-state index in [-0.39, 0.29) is 10.3 Å². The Morgan fingerprint density at radius 2 is 1.77 bits per heavy atom. The minimum Gasteiger partial charge on any atom is -0.496 e. The molecule has 0 aliphatic heterocycles. The normalized spacial score (nSPS) is 16.5. The van der Waals surface area contributed by atoms with Gasteiger partial charge in [-0.1, -0.05) is 24.3 Å². The van der Waals surface area contributed by atoms with Crippen molar-refractivity contribution in [3.05, 3.63) is 65.5 Å². The van der Waals surface area contributed by atoms with E-state index in [1.165, 1.54) is 12.1 Å². The first-order chi connectivity index (χ1) is 14.3. The lowest BCUT2D eigenvalue weighted by Gasteiger charge is -2.32. The van der Waals surface area contributed by atoms with Gasteiger partial charge in [-0.15, -0.1) is 0 Å². The smallest absolute Gasteiger partial charge is 0.262 e. The fraction of sp³-hybridized carbons (Fsp3) is 0.304. The number of nitrogens with one attached hydrogen (secondary N) is 1. The molecule has 0 radical (unpaired) electrons. The van der Waals surface area contributed by atoms with Crippen LogP contribution in [-0.4, -0.2) is 40.6 Å². The molecule has 0 aromatic heterocycles. The lowest BCUT2D eigenvalue weighted by molar-refractivity contribution is 0.265. The first-order valence-corrected chi connectivity index (χ1v) is 11.4. The van der Waals surface area contributed by atoms with Gasteiger partial charge in [0.15, 0.2) is 0 Å². The molecule has 1 atom stereocenters. The minimum absolute atomic E-state index is 0.0612. The fourth-order valence-corrected chi connectivity index (χ4v) is 5.53. The number of ether oxygens (including phenoxy) is 1. The number of fused-ring (bicyclic) bond motifs is 2. The summed E-state index contributed by atoms with van der Waals surface area (Å²) in [6.45, 7) is 0. The first-order valence-electron chi connectivity index (χ1n) is 9.87. The standard InChI is InChI=1S/C23H25FN2O3S/c1-26(2)15-8-9-17-19(14-15)22(29-3)12-11-21(17)25-30(27,28)23-13-10-20(24)16-6-4-5-7-18(16)23/h4-7,10-13,15,25H,8-9,14H2,1-3H3. The second-order valence-corrected chi connectivity index (χ2v) is 9.48. The maximum Gasteiger partial charge on any atom is 0.262 e. The number of benzene rings is 3. The van der Waals surface area contributed by atoms with E-state index in [2.05, 4.69) is 9.62 Å². The summed E-state index contributed by atoms with van der Waals surface area (Å²) in [7, 11) is 1.82. The van der Waals surface area contributed by atoms with Crippen molar-refractivity contribution < 1.29 is 17.5 Å². The van der Waals surface area contributed by atoms with Crippen molar-refractivity contribution in [2.45, 2.75) is 30.2 Å². The fourth-order valence-electron chi connectivity index (χ4n) is 4.23. The van der Waals surface area contributed by atoms with E-state index >= 15 is 0 Å². The molecule has 1 aliphatic rings. The number of nitrogens with zero attached hydrogens (tertiary/aromatic N) is 1. The molecular formula is C23H25FN2O3S. The molecule has 4 rings (SSSR count). The number of halogens is 1. The predicted molar refractivity (Wildman–Crippen MR) is 117 cm³/mol. The number of likely N-dealkylation sites (N-methyl/N-ethyl adjacent to an activating group) is 1. The summed E-state index contributed by atoms with van der Waals surface area (Å²) < 4.78 is 49.0. The van der Waals surface area contributed by atoms with Crippen LogP contribution in [0.2, 0.25) is 0 Å². The van der Waals surface area contributed by atoms with Crippen LogP contribution >= 0.6 is 0 Å². The molecule has 1 unspecified atom stereocenters. The number of sulfonamides is 1. The zero-order chi connectivity index (χ0) is 21.5. The highest BCUT2D eigenvalue weighted by Crippen LogP contribution is 2.37. The zero-order valence-corrected chi connectivity index (χ0v) is 18.1. The van der Waals surface area contributed by atoms with Crippen LogP contribution in [-0.2, 0) is 22.9 Å². The highest BCUT2D eigenvalue weighted by molar-refractivity contribution is 7.93. The number of rotatable bonds is 5. The molecule has 0 saturated carbocycles. The van der Waals surface area contributed by atoms with Gasteiger partial charge in [0.25, 0.3) is 10.0 Å². The molecule has 1 N–H and O–H groups in total. The van der Waals surface area contributed by atoms with Crippen molar-refractivity contribution in [1.82, 2.24) is 4.90 Å². The van der Waals surface area contributed by atoms with Gasteiger partial charge in [0.1, 0.15) is 11.6 Å². The maximum absolute atomic E-state index is 14.2. The average Bonchev–Trinajstić information content (AvgIpc) is 2.73. The van der Waals surface area contributed by atoms with Crippen LogP contribution in [0.15, 0.2) is 53.4 Å². The molecule has 7 heteroatoms. The molecule has 0 bridgehead atoms. The van der Waals surface area contributed by atoms with E-state index in [0.717, 1.165) is 36.1 Å². The maximum atomic E-state index is 14.2. The van der Waals surface area contributed by atoms with Gasteiger partial charge >= 0.3 is 0 Å². The van der Waals surface area contributed by atoms with Gasteiger partial charge in [-0.3, -0.25) is 4.72 Å². The number of anilines is 1. The molecule has 3 aromatic carbocycles. The van der Waals surface area contributed by atoms with Crippen molar-refractivity contribution >= 4 is 26.5 Å². The molecule has 1 aliphatic carbocycles. The van der Waals surface area contributed by atoms with Crippen LogP contribution < -0.4 is 9.46 Å². The average molecular weight is 429 g/mol. The van der Waals surface area contributed by atoms with Gasteiger partial charge in [0.05, 0.1) is 17.7 Å². The van der Waals surface area contributed by atoms with Crippen LogP contribution in [0.1, 0.15) is 17.5 Å². The van der Waals surface area contributed by atoms with Crippen LogP contribution in [0.5, 0.6) is 5.75 Å². The molecule has 0 spiro atoms. The van der Waals surface area contributed by atoms with Crippen LogP contribution in [0.3, 0.4) is 0 Å². The Hall–Kier alpha value is -2.64. The molecule has 5 nitrogen and oxygen atoms in total. The minimum atomic E-state index is -3.91. The molecule has 158 valence electrons. The van der Waals surface area contributed by atoms with Crippen molar-refractivity contribution in [1.29, 1.82) is 0 Å². The Balaban J connectivity index is 1.77. The van der Waals surface area contributed by atoms with Gasteiger partial charge in [0.2, 0.25) is 0 Å². The van der Waals surface area contributed by atoms with E-state index < -0.39 is 15.8 Å². The van der Waals surface area contributed by atoms with Gasteiger partial charge in [-0.2, -0.15) is 0 Å². The van der Waals surface area contributed by atoms with Crippen LogP contribution in [0.4, 0.5) is 10.1 Å². The second-order valence-electron chi connectivity index (χ2n) is 7.83. The Morgan fingerprint density at radius 1 is 1.03 bits per heavy atom. The first kappa shape index (κ1) is 20.6. The van der Waals surface area contributed by atoms with Crippen molar-refractivity contribution in [2.75, 3.05) is 25.9 Å². The highest BCUT2D eigenvalue weighted by Gasteiger charge is 2.27. The molecule has 0 saturated heterocycles.